The van der Waals surface area contributed by atoms with Crippen LogP contribution in [0.5, 0.6) is 0 Å². The van der Waals surface area contributed by atoms with E-state index in [9.17, 15) is 9.59 Å². The molecule has 6 heteroatoms. The molecule has 0 aliphatic carbocycles. The summed E-state index contributed by atoms with van der Waals surface area (Å²) in [7, 11) is 0. The molecule has 0 unspecified atom stereocenters. The lowest BCUT2D eigenvalue weighted by molar-refractivity contribution is 0.102. The quantitative estimate of drug-likeness (QED) is 0.481. The summed E-state index contributed by atoms with van der Waals surface area (Å²) < 4.78 is 0. The van der Waals surface area contributed by atoms with Crippen molar-refractivity contribution in [2.75, 3.05) is 23.3 Å². The summed E-state index contributed by atoms with van der Waals surface area (Å²) in [5, 5.41) is 3.36. The van der Waals surface area contributed by atoms with E-state index >= 15 is 0 Å². The SMILES string of the molecule is Cc1ccc(C)c(CN2CCCN(c3ccc(C)cc3NC(=O)c3ccccc3Cl)C2=O)c1. The highest BCUT2D eigenvalue weighted by atomic mass is 35.5. The van der Waals surface area contributed by atoms with E-state index < -0.39 is 0 Å². The van der Waals surface area contributed by atoms with E-state index in [1.807, 2.05) is 30.0 Å². The van der Waals surface area contributed by atoms with Gasteiger partial charge in [0.2, 0.25) is 0 Å². The molecule has 4 rings (SSSR count). The van der Waals surface area contributed by atoms with Crippen LogP contribution in [0.2, 0.25) is 5.02 Å². The van der Waals surface area contributed by atoms with Crippen molar-refractivity contribution in [3.63, 3.8) is 0 Å². The lowest BCUT2D eigenvalue weighted by Gasteiger charge is -2.37. The third-order valence-electron chi connectivity index (χ3n) is 5.99. The Labute approximate surface area is 200 Å². The van der Waals surface area contributed by atoms with E-state index in [4.69, 9.17) is 11.6 Å². The Hall–Kier alpha value is -3.31. The van der Waals surface area contributed by atoms with Crippen molar-refractivity contribution >= 4 is 34.9 Å². The molecule has 0 saturated carbocycles. The van der Waals surface area contributed by atoms with Gasteiger partial charge >= 0.3 is 6.03 Å². The normalized spacial score (nSPS) is 13.9. The number of carbonyl (C=O) groups excluding carboxylic acids is 2. The maximum Gasteiger partial charge on any atom is 0.324 e. The number of hydrogen-bond donors (Lipinski definition) is 1. The molecule has 170 valence electrons. The molecule has 1 N–H and O–H groups in total. The minimum atomic E-state index is -0.302. The summed E-state index contributed by atoms with van der Waals surface area (Å²) in [6.07, 6.45) is 0.850. The monoisotopic (exact) mass is 461 g/mol. The van der Waals surface area contributed by atoms with E-state index in [1.54, 1.807) is 29.2 Å². The first-order valence-corrected chi connectivity index (χ1v) is 11.5. The van der Waals surface area contributed by atoms with E-state index in [-0.39, 0.29) is 11.9 Å². The van der Waals surface area contributed by atoms with Gasteiger partial charge in [0, 0.05) is 19.6 Å². The fourth-order valence-electron chi connectivity index (χ4n) is 4.15. The Kier molecular flexibility index (Phi) is 6.70. The van der Waals surface area contributed by atoms with E-state index in [0.29, 0.717) is 41.6 Å². The standard InChI is InChI=1S/C27H28ClN3O2/c1-18-9-11-20(3)21(15-18)17-30-13-6-14-31(27(30)33)25-12-10-19(2)16-24(25)29-26(32)22-7-4-5-8-23(22)28/h4-5,7-12,15-16H,6,13-14,17H2,1-3H3,(H,29,32). The van der Waals surface area contributed by atoms with Crippen LogP contribution in [0, 0.1) is 20.8 Å². The highest BCUT2D eigenvalue weighted by molar-refractivity contribution is 6.34. The second-order valence-electron chi connectivity index (χ2n) is 8.59. The number of anilines is 2. The molecule has 1 aliphatic heterocycles. The number of rotatable bonds is 5. The number of benzene rings is 3. The van der Waals surface area contributed by atoms with Gasteiger partial charge in [-0.1, -0.05) is 53.6 Å². The van der Waals surface area contributed by atoms with Crippen LogP contribution in [0.3, 0.4) is 0 Å². The molecule has 1 saturated heterocycles. The first-order chi connectivity index (χ1) is 15.8. The molecule has 1 fully saturated rings. The second-order valence-corrected chi connectivity index (χ2v) is 9.00. The zero-order valence-electron chi connectivity index (χ0n) is 19.2. The van der Waals surface area contributed by atoms with Gasteiger partial charge < -0.3 is 10.2 Å². The molecule has 5 nitrogen and oxygen atoms in total. The fourth-order valence-corrected chi connectivity index (χ4v) is 4.37. The molecule has 0 radical (unpaired) electrons. The van der Waals surface area contributed by atoms with Gasteiger partial charge in [-0.2, -0.15) is 0 Å². The number of hydrogen-bond acceptors (Lipinski definition) is 2. The van der Waals surface area contributed by atoms with Crippen LogP contribution >= 0.6 is 11.6 Å². The molecule has 1 aliphatic rings. The van der Waals surface area contributed by atoms with Crippen LogP contribution in [0.15, 0.2) is 60.7 Å². The van der Waals surface area contributed by atoms with E-state index in [0.717, 1.165) is 17.5 Å². The summed E-state index contributed by atoms with van der Waals surface area (Å²) in [6.45, 7) is 7.96. The van der Waals surface area contributed by atoms with Crippen LogP contribution in [0.4, 0.5) is 16.2 Å². The molecule has 33 heavy (non-hydrogen) atoms. The molecular formula is C27H28ClN3O2. The predicted molar refractivity (Wildman–Crippen MR) is 134 cm³/mol. The lowest BCUT2D eigenvalue weighted by Crippen LogP contribution is -2.49. The van der Waals surface area contributed by atoms with Crippen LogP contribution in [0.25, 0.3) is 0 Å². The van der Waals surface area contributed by atoms with Gasteiger partial charge in [-0.15, -0.1) is 0 Å². The van der Waals surface area contributed by atoms with Gasteiger partial charge in [0.1, 0.15) is 0 Å². The maximum atomic E-state index is 13.5. The first kappa shape index (κ1) is 22.9. The third kappa shape index (κ3) is 5.04. The Morgan fingerprint density at radius 1 is 0.970 bits per heavy atom. The van der Waals surface area contributed by atoms with Gasteiger partial charge in [-0.3, -0.25) is 9.69 Å². The third-order valence-corrected chi connectivity index (χ3v) is 6.32. The Morgan fingerprint density at radius 3 is 2.48 bits per heavy atom. The van der Waals surface area contributed by atoms with Gasteiger partial charge in [-0.25, -0.2) is 4.79 Å². The van der Waals surface area contributed by atoms with Crippen molar-refractivity contribution in [3.8, 4) is 0 Å². The molecule has 1 heterocycles. The van der Waals surface area contributed by atoms with Crippen molar-refractivity contribution < 1.29 is 9.59 Å². The zero-order valence-corrected chi connectivity index (χ0v) is 19.9. The minimum absolute atomic E-state index is 0.0562. The number of carbonyl (C=O) groups is 2. The Bertz CT molecular complexity index is 1210. The predicted octanol–water partition coefficient (Wildman–Crippen LogP) is 6.35. The topological polar surface area (TPSA) is 52.6 Å². The molecule has 3 amide bonds. The summed E-state index contributed by atoms with van der Waals surface area (Å²) in [5.74, 6) is -0.302. The lowest BCUT2D eigenvalue weighted by atomic mass is 10.0. The zero-order chi connectivity index (χ0) is 23.5. The molecule has 0 aromatic heterocycles. The fraction of sp³-hybridized carbons (Fsp3) is 0.259. The molecule has 0 bridgehead atoms. The van der Waals surface area contributed by atoms with Gasteiger partial charge in [0.05, 0.1) is 22.0 Å². The highest BCUT2D eigenvalue weighted by Gasteiger charge is 2.29. The minimum Gasteiger partial charge on any atom is -0.320 e. The van der Waals surface area contributed by atoms with Crippen molar-refractivity contribution in [2.24, 2.45) is 0 Å². The van der Waals surface area contributed by atoms with Crippen molar-refractivity contribution in [1.29, 1.82) is 0 Å². The Morgan fingerprint density at radius 2 is 1.70 bits per heavy atom. The smallest absolute Gasteiger partial charge is 0.320 e. The average Bonchev–Trinajstić information content (AvgIpc) is 2.78. The number of nitrogens with one attached hydrogen (secondary N) is 1. The number of halogens is 1. The molecule has 3 aromatic carbocycles. The van der Waals surface area contributed by atoms with Crippen molar-refractivity contribution in [3.05, 3.63) is 93.5 Å². The van der Waals surface area contributed by atoms with Crippen LogP contribution in [-0.2, 0) is 6.54 Å². The largest absolute Gasteiger partial charge is 0.324 e. The van der Waals surface area contributed by atoms with Crippen LogP contribution < -0.4 is 10.2 Å². The number of aryl methyl sites for hydroxylation is 3. The van der Waals surface area contributed by atoms with Gasteiger partial charge in [-0.05, 0) is 68.1 Å². The summed E-state index contributed by atoms with van der Waals surface area (Å²) in [4.78, 5) is 30.1. The maximum absolute atomic E-state index is 13.5. The van der Waals surface area contributed by atoms with Gasteiger partial charge in [0.25, 0.3) is 5.91 Å². The highest BCUT2D eigenvalue weighted by Crippen LogP contribution is 2.31. The number of nitrogens with zero attached hydrogens (tertiary/aromatic N) is 2. The van der Waals surface area contributed by atoms with Crippen molar-refractivity contribution in [1.82, 2.24) is 4.90 Å². The number of amides is 3. The summed E-state index contributed by atoms with van der Waals surface area (Å²) in [5.41, 5.74) is 6.19. The molecular weight excluding hydrogens is 434 g/mol. The van der Waals surface area contributed by atoms with E-state index in [2.05, 4.69) is 37.4 Å². The molecule has 3 aromatic rings. The molecule has 0 atom stereocenters. The second kappa shape index (κ2) is 9.67. The summed E-state index contributed by atoms with van der Waals surface area (Å²) in [6, 6.07) is 18.9. The Balaban J connectivity index is 1.60. The van der Waals surface area contributed by atoms with Crippen molar-refractivity contribution in [2.45, 2.75) is 33.7 Å². The van der Waals surface area contributed by atoms with Gasteiger partial charge in [0.15, 0.2) is 0 Å². The number of urea groups is 1. The summed E-state index contributed by atoms with van der Waals surface area (Å²) >= 11 is 6.22. The average molecular weight is 462 g/mol. The molecule has 0 spiro atoms. The van der Waals surface area contributed by atoms with Crippen LogP contribution in [0.1, 0.15) is 39.0 Å². The van der Waals surface area contributed by atoms with Crippen LogP contribution in [-0.4, -0.2) is 29.9 Å². The van der Waals surface area contributed by atoms with E-state index in [1.165, 1.54) is 11.1 Å². The first-order valence-electron chi connectivity index (χ1n) is 11.1.